The van der Waals surface area contributed by atoms with Crippen LogP contribution in [0.2, 0.25) is 0 Å². The molecule has 0 radical (unpaired) electrons. The van der Waals surface area contributed by atoms with E-state index in [4.69, 9.17) is 19.3 Å². The summed E-state index contributed by atoms with van der Waals surface area (Å²) in [4.78, 5) is 12.8. The van der Waals surface area contributed by atoms with Crippen LogP contribution in [0.4, 0.5) is 0 Å². The molecule has 3 heterocycles. The van der Waals surface area contributed by atoms with Gasteiger partial charge in [-0.2, -0.15) is 0 Å². The van der Waals surface area contributed by atoms with Crippen LogP contribution in [-0.2, 0) is 19.0 Å². The molecule has 0 saturated carbocycles. The molecule has 3 rings (SSSR count). The summed E-state index contributed by atoms with van der Waals surface area (Å²) < 4.78 is 16.5. The zero-order valence-corrected chi connectivity index (χ0v) is 18.5. The summed E-state index contributed by atoms with van der Waals surface area (Å²) in [5, 5.41) is 60.5. The summed E-state index contributed by atoms with van der Waals surface area (Å²) in [6, 6.07) is 0. The molecule has 0 aliphatic carbocycles. The van der Waals surface area contributed by atoms with Crippen LogP contribution in [0, 0.1) is 11.8 Å². The molecule has 0 amide bonds. The van der Waals surface area contributed by atoms with Crippen molar-refractivity contribution < 1.29 is 54.5 Å². The quantitative estimate of drug-likeness (QED) is 0.179. The Morgan fingerprint density at radius 2 is 2.00 bits per heavy atom. The van der Waals surface area contributed by atoms with Crippen LogP contribution in [0.5, 0.6) is 0 Å². The highest BCUT2D eigenvalue weighted by Gasteiger charge is 2.46. The van der Waals surface area contributed by atoms with E-state index < -0.39 is 61.4 Å². The number of carboxylic acid groups (broad SMARTS) is 1. The number of ether oxygens (including phenoxy) is 3. The van der Waals surface area contributed by atoms with Crippen molar-refractivity contribution in [2.24, 2.45) is 11.8 Å². The van der Waals surface area contributed by atoms with Gasteiger partial charge in [-0.15, -0.1) is 6.58 Å². The number of hydrogen-bond acceptors (Lipinski definition) is 10. The lowest BCUT2D eigenvalue weighted by Gasteiger charge is -2.43. The Morgan fingerprint density at radius 1 is 1.24 bits per heavy atom. The van der Waals surface area contributed by atoms with Crippen molar-refractivity contribution in [2.45, 2.75) is 37.0 Å². The molecule has 0 aromatic heterocycles. The first-order valence-corrected chi connectivity index (χ1v) is 11.0. The van der Waals surface area contributed by atoms with Crippen molar-refractivity contribution in [3.8, 4) is 0 Å². The van der Waals surface area contributed by atoms with E-state index in [1.165, 1.54) is 6.08 Å². The van der Waals surface area contributed by atoms with Crippen LogP contribution in [0.1, 0.15) is 0 Å². The van der Waals surface area contributed by atoms with E-state index in [1.807, 2.05) is 18.4 Å². The zero-order chi connectivity index (χ0) is 24.8. The molecule has 9 atom stereocenters. The van der Waals surface area contributed by atoms with Crippen molar-refractivity contribution >= 4 is 5.97 Å². The first kappa shape index (κ1) is 26.3. The van der Waals surface area contributed by atoms with E-state index in [-0.39, 0.29) is 12.2 Å². The Labute approximate surface area is 196 Å². The van der Waals surface area contributed by atoms with E-state index in [2.05, 4.69) is 6.58 Å². The van der Waals surface area contributed by atoms with Crippen LogP contribution in [-0.4, -0.2) is 94.8 Å². The molecule has 0 aromatic carbocycles. The average Bonchev–Trinajstić information content (AvgIpc) is 2.83. The Kier molecular flexibility index (Phi) is 9.17. The minimum atomic E-state index is -1.65. The second kappa shape index (κ2) is 11.9. The molecule has 34 heavy (non-hydrogen) atoms. The number of aliphatic hydroxyl groups excluding tert-OH is 5. The third-order valence-electron chi connectivity index (χ3n) is 6.03. The second-order valence-corrected chi connectivity index (χ2v) is 8.28. The molecule has 188 valence electrons. The molecular weight excluding hydrogens is 450 g/mol. The van der Waals surface area contributed by atoms with Crippen LogP contribution in [0.15, 0.2) is 60.6 Å². The van der Waals surface area contributed by atoms with Gasteiger partial charge < -0.3 is 54.5 Å². The standard InChI is InChI=1S/C23H31NO10/c1-2-14-15(6-5-13-4-3-7-24(10-13)8-9-25)16(21(30)31)12-32-22(14)34-23-20(29)19(28)18(27)17(11-26)33-23/h2-6,10,12,14-15,17-20,22-23,25-29H,1,7-9,11H2,(H,30,31)/t14-,15+,17-,18-,19+,20-,22+,23+/m1/s1. The molecule has 11 heteroatoms. The maximum Gasteiger partial charge on any atom is 0.208 e. The summed E-state index contributed by atoms with van der Waals surface area (Å²) >= 11 is 0. The molecule has 1 fully saturated rings. The fraction of sp³-hybridized carbons (Fsp3) is 0.522. The first-order chi connectivity index (χ1) is 16.3. The smallest absolute Gasteiger partial charge is 0.208 e. The topological polar surface area (TPSA) is 173 Å². The largest absolute Gasteiger partial charge is 0.545 e. The summed E-state index contributed by atoms with van der Waals surface area (Å²) in [5.41, 5.74) is 0.669. The van der Waals surface area contributed by atoms with Gasteiger partial charge in [0.15, 0.2) is 6.29 Å². The SMILES string of the molecule is C=C[C@H]1[C@H](O[C@@H]2O[C@H](CO)[C@@H](O)[C@H](O)[C@H]2O)OC=C(C(=O)[O-])[C@H]1C=CC1=C[NH+](CCO)CC=C1. The van der Waals surface area contributed by atoms with Gasteiger partial charge in [0, 0.05) is 23.0 Å². The lowest BCUT2D eigenvalue weighted by Crippen LogP contribution is -3.08. The number of carbonyl (C=O) groups is 1. The molecule has 6 N–H and O–H groups in total. The van der Waals surface area contributed by atoms with Crippen molar-refractivity contribution in [2.75, 3.05) is 26.3 Å². The van der Waals surface area contributed by atoms with E-state index in [0.29, 0.717) is 6.54 Å². The maximum absolute atomic E-state index is 11.7. The monoisotopic (exact) mass is 481 g/mol. The fourth-order valence-corrected chi connectivity index (χ4v) is 4.12. The Balaban J connectivity index is 1.81. The highest BCUT2D eigenvalue weighted by molar-refractivity contribution is 5.85. The normalized spacial score (nSPS) is 38.2. The molecule has 0 aromatic rings. The van der Waals surface area contributed by atoms with E-state index in [9.17, 15) is 30.3 Å². The summed E-state index contributed by atoms with van der Waals surface area (Å²) in [6.45, 7) is 4.42. The third-order valence-corrected chi connectivity index (χ3v) is 6.03. The van der Waals surface area contributed by atoms with Gasteiger partial charge in [0.1, 0.15) is 43.7 Å². The Hall–Kier alpha value is -2.35. The Bertz CT molecular complexity index is 851. The van der Waals surface area contributed by atoms with Gasteiger partial charge in [-0.3, -0.25) is 0 Å². The maximum atomic E-state index is 11.7. The number of aliphatic carboxylic acids is 1. The van der Waals surface area contributed by atoms with Crippen LogP contribution in [0.25, 0.3) is 0 Å². The van der Waals surface area contributed by atoms with Gasteiger partial charge >= 0.3 is 0 Å². The zero-order valence-electron chi connectivity index (χ0n) is 18.5. The number of nitrogens with one attached hydrogen (secondary N) is 1. The number of aliphatic hydroxyl groups is 5. The highest BCUT2D eigenvalue weighted by atomic mass is 16.8. The molecule has 1 saturated heterocycles. The molecule has 3 aliphatic heterocycles. The Morgan fingerprint density at radius 3 is 2.65 bits per heavy atom. The lowest BCUT2D eigenvalue weighted by atomic mass is 9.83. The summed E-state index contributed by atoms with van der Waals surface area (Å²) in [7, 11) is 0. The minimum absolute atomic E-state index is 0.0315. The van der Waals surface area contributed by atoms with E-state index >= 15 is 0 Å². The molecule has 0 bridgehead atoms. The number of carbonyl (C=O) groups excluding carboxylic acids is 1. The molecule has 11 nitrogen and oxygen atoms in total. The van der Waals surface area contributed by atoms with Crippen molar-refractivity contribution in [3.05, 3.63) is 60.6 Å². The van der Waals surface area contributed by atoms with E-state index in [0.717, 1.165) is 23.3 Å². The third kappa shape index (κ3) is 5.82. The number of quaternary nitrogens is 1. The second-order valence-electron chi connectivity index (χ2n) is 8.28. The van der Waals surface area contributed by atoms with Gasteiger partial charge in [-0.25, -0.2) is 0 Å². The van der Waals surface area contributed by atoms with Gasteiger partial charge in [0.05, 0.1) is 25.4 Å². The molecule has 0 spiro atoms. The van der Waals surface area contributed by atoms with Gasteiger partial charge in [-0.1, -0.05) is 18.2 Å². The fourth-order valence-electron chi connectivity index (χ4n) is 4.12. The number of allylic oxidation sites excluding steroid dienone is 4. The molecular formula is C23H31NO10. The van der Waals surface area contributed by atoms with Gasteiger partial charge in [0.2, 0.25) is 6.29 Å². The van der Waals surface area contributed by atoms with Crippen LogP contribution < -0.4 is 10.0 Å². The van der Waals surface area contributed by atoms with Crippen molar-refractivity contribution in [3.63, 3.8) is 0 Å². The predicted octanol–water partition coefficient (Wildman–Crippen LogP) is -3.90. The first-order valence-electron chi connectivity index (χ1n) is 11.0. The highest BCUT2D eigenvalue weighted by Crippen LogP contribution is 2.35. The molecule has 1 unspecified atom stereocenters. The van der Waals surface area contributed by atoms with Crippen molar-refractivity contribution in [1.82, 2.24) is 0 Å². The van der Waals surface area contributed by atoms with Gasteiger partial charge in [0.25, 0.3) is 0 Å². The number of hydrogen-bond donors (Lipinski definition) is 6. The molecule has 3 aliphatic rings. The number of rotatable bonds is 9. The summed E-state index contributed by atoms with van der Waals surface area (Å²) in [6.07, 6.45) is 2.92. The van der Waals surface area contributed by atoms with E-state index in [1.54, 1.807) is 12.2 Å². The van der Waals surface area contributed by atoms with Crippen molar-refractivity contribution in [1.29, 1.82) is 0 Å². The van der Waals surface area contributed by atoms with Crippen LogP contribution in [0.3, 0.4) is 0 Å². The van der Waals surface area contributed by atoms with Crippen LogP contribution >= 0.6 is 0 Å². The summed E-state index contributed by atoms with van der Waals surface area (Å²) in [5.74, 6) is -2.97. The number of carboxylic acids is 1. The average molecular weight is 481 g/mol. The predicted molar refractivity (Wildman–Crippen MR) is 114 cm³/mol. The lowest BCUT2D eigenvalue weighted by molar-refractivity contribution is -0.841. The minimum Gasteiger partial charge on any atom is -0.545 e. The van der Waals surface area contributed by atoms with Gasteiger partial charge in [-0.05, 0) is 12.2 Å².